The monoisotopic (exact) mass is 399 g/mol. The second-order valence-corrected chi connectivity index (χ2v) is 6.74. The van der Waals surface area contributed by atoms with Gasteiger partial charge in [0.1, 0.15) is 5.58 Å². The third-order valence-corrected chi connectivity index (χ3v) is 4.47. The Hall–Kier alpha value is -3.12. The standard InChI is InChI=1S/C21H18ClNO5/c1-12-17-9-16(22)7-8-19(17)28-20(12)21(26)27-11-18(25)15-5-3-14(4-6-15)10-23-13(2)24/h3-9H,10-11H2,1-2H3,(H,23,24). The number of esters is 1. The number of nitrogens with one attached hydrogen (secondary N) is 1. The van der Waals surface area contributed by atoms with Crippen LogP contribution in [-0.4, -0.2) is 24.3 Å². The number of fused-ring (bicyclic) bond motifs is 1. The third kappa shape index (κ3) is 4.40. The molecule has 0 atom stereocenters. The summed E-state index contributed by atoms with van der Waals surface area (Å²) in [4.78, 5) is 35.5. The number of Topliss-reactive ketones (excluding diaryl/α,β-unsaturated/α-hetero) is 1. The smallest absolute Gasteiger partial charge is 0.375 e. The van der Waals surface area contributed by atoms with Crippen molar-refractivity contribution in [2.24, 2.45) is 0 Å². The van der Waals surface area contributed by atoms with Crippen LogP contribution >= 0.6 is 11.6 Å². The van der Waals surface area contributed by atoms with Gasteiger partial charge in [0.15, 0.2) is 12.4 Å². The highest BCUT2D eigenvalue weighted by atomic mass is 35.5. The van der Waals surface area contributed by atoms with E-state index in [2.05, 4.69) is 5.32 Å². The number of carbonyl (C=O) groups excluding carboxylic acids is 3. The Morgan fingerprint density at radius 2 is 1.82 bits per heavy atom. The van der Waals surface area contributed by atoms with Gasteiger partial charge in [-0.3, -0.25) is 9.59 Å². The van der Waals surface area contributed by atoms with Gasteiger partial charge in [-0.15, -0.1) is 0 Å². The molecule has 0 fully saturated rings. The molecule has 6 nitrogen and oxygen atoms in total. The van der Waals surface area contributed by atoms with E-state index < -0.39 is 12.6 Å². The van der Waals surface area contributed by atoms with Crippen LogP contribution in [0.25, 0.3) is 11.0 Å². The Balaban J connectivity index is 1.63. The van der Waals surface area contributed by atoms with Gasteiger partial charge >= 0.3 is 5.97 Å². The van der Waals surface area contributed by atoms with Crippen molar-refractivity contribution in [1.29, 1.82) is 0 Å². The zero-order valence-corrected chi connectivity index (χ0v) is 16.1. The lowest BCUT2D eigenvalue weighted by Gasteiger charge is -2.05. The molecule has 0 saturated heterocycles. The Morgan fingerprint density at radius 3 is 2.50 bits per heavy atom. The molecule has 3 rings (SSSR count). The molecule has 1 heterocycles. The van der Waals surface area contributed by atoms with Crippen LogP contribution in [0.2, 0.25) is 5.02 Å². The number of hydrogen-bond donors (Lipinski definition) is 1. The average Bonchev–Trinajstić information content (AvgIpc) is 3.01. The maximum absolute atomic E-state index is 12.3. The van der Waals surface area contributed by atoms with Crippen LogP contribution in [0.4, 0.5) is 0 Å². The van der Waals surface area contributed by atoms with E-state index in [0.717, 1.165) is 10.9 Å². The van der Waals surface area contributed by atoms with Crippen LogP contribution in [-0.2, 0) is 16.1 Å². The molecular weight excluding hydrogens is 382 g/mol. The predicted molar refractivity (Wildman–Crippen MR) is 105 cm³/mol. The summed E-state index contributed by atoms with van der Waals surface area (Å²) in [6, 6.07) is 11.8. The van der Waals surface area contributed by atoms with E-state index in [0.29, 0.717) is 28.3 Å². The van der Waals surface area contributed by atoms with E-state index in [1.54, 1.807) is 49.4 Å². The molecule has 28 heavy (non-hydrogen) atoms. The lowest BCUT2D eigenvalue weighted by molar-refractivity contribution is -0.119. The molecular formula is C21H18ClNO5. The van der Waals surface area contributed by atoms with Crippen molar-refractivity contribution in [3.63, 3.8) is 0 Å². The first-order valence-corrected chi connectivity index (χ1v) is 8.95. The van der Waals surface area contributed by atoms with Crippen molar-refractivity contribution in [3.8, 4) is 0 Å². The fourth-order valence-electron chi connectivity index (χ4n) is 2.70. The van der Waals surface area contributed by atoms with Gasteiger partial charge in [0.05, 0.1) is 0 Å². The highest BCUT2D eigenvalue weighted by Gasteiger charge is 2.20. The molecule has 1 amide bonds. The molecule has 0 saturated carbocycles. The molecule has 0 radical (unpaired) electrons. The molecule has 0 aliphatic heterocycles. The first-order valence-electron chi connectivity index (χ1n) is 8.57. The van der Waals surface area contributed by atoms with Crippen molar-refractivity contribution in [1.82, 2.24) is 5.32 Å². The molecule has 1 aromatic heterocycles. The second kappa shape index (κ2) is 8.27. The van der Waals surface area contributed by atoms with Crippen molar-refractivity contribution < 1.29 is 23.5 Å². The van der Waals surface area contributed by atoms with E-state index in [9.17, 15) is 14.4 Å². The van der Waals surface area contributed by atoms with Crippen molar-refractivity contribution in [2.75, 3.05) is 6.61 Å². The molecule has 0 aliphatic rings. The maximum atomic E-state index is 12.3. The molecule has 7 heteroatoms. The number of ketones is 1. The van der Waals surface area contributed by atoms with Gasteiger partial charge in [0.2, 0.25) is 11.7 Å². The minimum absolute atomic E-state index is 0.0516. The Morgan fingerprint density at radius 1 is 1.11 bits per heavy atom. The highest BCUT2D eigenvalue weighted by Crippen LogP contribution is 2.28. The Labute approximate surface area is 166 Å². The van der Waals surface area contributed by atoms with E-state index in [1.165, 1.54) is 6.92 Å². The van der Waals surface area contributed by atoms with E-state index in [-0.39, 0.29) is 17.5 Å². The summed E-state index contributed by atoms with van der Waals surface area (Å²) in [5.41, 5.74) is 2.40. The van der Waals surface area contributed by atoms with Gasteiger partial charge in [-0.05, 0) is 30.7 Å². The topological polar surface area (TPSA) is 85.6 Å². The van der Waals surface area contributed by atoms with Crippen LogP contribution in [0.3, 0.4) is 0 Å². The fraction of sp³-hybridized carbons (Fsp3) is 0.190. The van der Waals surface area contributed by atoms with Gasteiger partial charge in [-0.2, -0.15) is 0 Å². The summed E-state index contributed by atoms with van der Waals surface area (Å²) < 4.78 is 10.7. The normalized spacial score (nSPS) is 10.7. The number of furan rings is 1. The number of halogens is 1. The SMILES string of the molecule is CC(=O)NCc1ccc(C(=O)COC(=O)c2oc3ccc(Cl)cc3c2C)cc1. The predicted octanol–water partition coefficient (Wildman–Crippen LogP) is 4.07. The third-order valence-electron chi connectivity index (χ3n) is 4.24. The van der Waals surface area contributed by atoms with Gasteiger partial charge in [-0.25, -0.2) is 4.79 Å². The fourth-order valence-corrected chi connectivity index (χ4v) is 2.87. The summed E-state index contributed by atoms with van der Waals surface area (Å²) >= 11 is 5.97. The maximum Gasteiger partial charge on any atom is 0.375 e. The molecule has 0 unspecified atom stereocenters. The highest BCUT2D eigenvalue weighted by molar-refractivity contribution is 6.31. The van der Waals surface area contributed by atoms with Crippen molar-refractivity contribution >= 4 is 40.2 Å². The molecule has 3 aromatic rings. The lowest BCUT2D eigenvalue weighted by Crippen LogP contribution is -2.19. The largest absolute Gasteiger partial charge is 0.451 e. The van der Waals surface area contributed by atoms with Crippen molar-refractivity contribution in [2.45, 2.75) is 20.4 Å². The number of rotatable bonds is 6. The minimum Gasteiger partial charge on any atom is -0.451 e. The summed E-state index contributed by atoms with van der Waals surface area (Å²) in [7, 11) is 0. The van der Waals surface area contributed by atoms with Gasteiger partial charge in [0.25, 0.3) is 0 Å². The quantitative estimate of drug-likeness (QED) is 0.498. The molecule has 2 aromatic carbocycles. The van der Waals surface area contributed by atoms with Gasteiger partial charge < -0.3 is 14.5 Å². The number of amides is 1. The van der Waals surface area contributed by atoms with Crippen LogP contribution < -0.4 is 5.32 Å². The molecule has 1 N–H and O–H groups in total. The zero-order valence-electron chi connectivity index (χ0n) is 15.4. The number of hydrogen-bond acceptors (Lipinski definition) is 5. The van der Waals surface area contributed by atoms with Gasteiger partial charge in [-0.1, -0.05) is 35.9 Å². The van der Waals surface area contributed by atoms with E-state index in [4.69, 9.17) is 20.8 Å². The van der Waals surface area contributed by atoms with Crippen molar-refractivity contribution in [3.05, 3.63) is 69.9 Å². The summed E-state index contributed by atoms with van der Waals surface area (Å²) in [5.74, 6) is -1.12. The Kier molecular flexibility index (Phi) is 5.80. The number of carbonyl (C=O) groups is 3. The number of ether oxygens (including phenoxy) is 1. The minimum atomic E-state index is -0.708. The summed E-state index contributed by atoms with van der Waals surface area (Å²) in [6.07, 6.45) is 0. The van der Waals surface area contributed by atoms with Crippen LogP contribution in [0.1, 0.15) is 39.0 Å². The molecule has 0 bridgehead atoms. The van der Waals surface area contributed by atoms with Crippen LogP contribution in [0.5, 0.6) is 0 Å². The second-order valence-electron chi connectivity index (χ2n) is 6.30. The molecule has 144 valence electrons. The van der Waals surface area contributed by atoms with Gasteiger partial charge in [0, 0.05) is 35.0 Å². The van der Waals surface area contributed by atoms with E-state index >= 15 is 0 Å². The zero-order chi connectivity index (χ0) is 20.3. The first kappa shape index (κ1) is 19.6. The van der Waals surface area contributed by atoms with E-state index in [1.807, 2.05) is 0 Å². The first-order chi connectivity index (χ1) is 13.3. The number of aryl methyl sites for hydroxylation is 1. The Bertz CT molecular complexity index is 1050. The lowest BCUT2D eigenvalue weighted by atomic mass is 10.1. The average molecular weight is 400 g/mol. The summed E-state index contributed by atoms with van der Waals surface area (Å²) in [6.45, 7) is 3.15. The molecule has 0 aliphatic carbocycles. The van der Waals surface area contributed by atoms with Crippen LogP contribution in [0, 0.1) is 6.92 Å². The van der Waals surface area contributed by atoms with Crippen LogP contribution in [0.15, 0.2) is 46.9 Å². The molecule has 0 spiro atoms. The summed E-state index contributed by atoms with van der Waals surface area (Å²) in [5, 5.41) is 3.93. The number of benzene rings is 2.